The van der Waals surface area contributed by atoms with Crippen molar-refractivity contribution in [3.8, 4) is 0 Å². The fourth-order valence-corrected chi connectivity index (χ4v) is 3.54. The first kappa shape index (κ1) is 12.1. The average molecular weight is 222 g/mol. The van der Waals surface area contributed by atoms with Gasteiger partial charge in [0.25, 0.3) is 0 Å². The van der Waals surface area contributed by atoms with Crippen LogP contribution >= 0.6 is 0 Å². The van der Waals surface area contributed by atoms with E-state index in [1.807, 2.05) is 0 Å². The summed E-state index contributed by atoms with van der Waals surface area (Å²) in [5.74, 6) is 3.44. The van der Waals surface area contributed by atoms with E-state index in [2.05, 4.69) is 13.8 Å². The lowest BCUT2D eigenvalue weighted by atomic mass is 9.73. The molecule has 3 unspecified atom stereocenters. The summed E-state index contributed by atoms with van der Waals surface area (Å²) in [7, 11) is 0. The molecule has 0 aromatic rings. The van der Waals surface area contributed by atoms with Gasteiger partial charge in [-0.1, -0.05) is 33.1 Å². The van der Waals surface area contributed by atoms with Crippen molar-refractivity contribution in [3.05, 3.63) is 0 Å². The molecule has 0 saturated heterocycles. The van der Waals surface area contributed by atoms with Crippen molar-refractivity contribution in [2.75, 3.05) is 0 Å². The minimum Gasteiger partial charge on any atom is -0.299 e. The van der Waals surface area contributed by atoms with E-state index in [1.54, 1.807) is 0 Å². The highest BCUT2D eigenvalue weighted by Gasteiger charge is 2.29. The Hall–Kier alpha value is -0.330. The van der Waals surface area contributed by atoms with Gasteiger partial charge in [-0.3, -0.25) is 4.79 Å². The van der Waals surface area contributed by atoms with Crippen molar-refractivity contribution in [3.63, 3.8) is 0 Å². The molecule has 0 aliphatic heterocycles. The number of carbonyl (C=O) groups excluding carboxylic acids is 1. The van der Waals surface area contributed by atoms with Crippen LogP contribution in [0.1, 0.15) is 65.2 Å². The highest BCUT2D eigenvalue weighted by Crippen LogP contribution is 2.36. The zero-order valence-corrected chi connectivity index (χ0v) is 10.9. The van der Waals surface area contributed by atoms with Gasteiger partial charge in [0.05, 0.1) is 0 Å². The summed E-state index contributed by atoms with van der Waals surface area (Å²) in [5.41, 5.74) is 0. The Balaban J connectivity index is 1.78. The molecule has 2 saturated carbocycles. The molecule has 2 fully saturated rings. The SMILES string of the molecule is CC1CCC(CC(=O)C2CCCC2)CC1C. The average Bonchev–Trinajstić information content (AvgIpc) is 2.77. The zero-order valence-electron chi connectivity index (χ0n) is 10.9. The van der Waals surface area contributed by atoms with Crippen LogP contribution in [0, 0.1) is 23.7 Å². The van der Waals surface area contributed by atoms with Gasteiger partial charge in [0.2, 0.25) is 0 Å². The molecule has 1 heteroatoms. The molecule has 0 radical (unpaired) electrons. The molecule has 16 heavy (non-hydrogen) atoms. The van der Waals surface area contributed by atoms with Gasteiger partial charge in [0.1, 0.15) is 5.78 Å². The number of Topliss-reactive ketones (excluding diaryl/α,β-unsaturated/α-hetero) is 1. The van der Waals surface area contributed by atoms with Crippen molar-refractivity contribution in [2.45, 2.75) is 65.2 Å². The van der Waals surface area contributed by atoms with E-state index in [9.17, 15) is 4.79 Å². The smallest absolute Gasteiger partial charge is 0.136 e. The lowest BCUT2D eigenvalue weighted by molar-refractivity contribution is -0.124. The largest absolute Gasteiger partial charge is 0.299 e. The highest BCUT2D eigenvalue weighted by molar-refractivity contribution is 5.81. The van der Waals surface area contributed by atoms with Crippen LogP contribution in [0.15, 0.2) is 0 Å². The van der Waals surface area contributed by atoms with Gasteiger partial charge in [-0.05, 0) is 43.4 Å². The molecule has 0 bridgehead atoms. The first-order valence-corrected chi connectivity index (χ1v) is 7.19. The first-order valence-electron chi connectivity index (χ1n) is 7.19. The summed E-state index contributed by atoms with van der Waals surface area (Å²) < 4.78 is 0. The van der Waals surface area contributed by atoms with E-state index in [0.717, 1.165) is 18.3 Å². The van der Waals surface area contributed by atoms with E-state index in [1.165, 1.54) is 44.9 Å². The Morgan fingerprint density at radius 1 is 1.00 bits per heavy atom. The standard InChI is InChI=1S/C15H26O/c1-11-7-8-13(9-12(11)2)10-15(16)14-5-3-4-6-14/h11-14H,3-10H2,1-2H3. The van der Waals surface area contributed by atoms with Crippen LogP contribution in [0.2, 0.25) is 0 Å². The summed E-state index contributed by atoms with van der Waals surface area (Å²) in [6.07, 6.45) is 9.74. The Morgan fingerprint density at radius 2 is 1.69 bits per heavy atom. The summed E-state index contributed by atoms with van der Waals surface area (Å²) in [6.45, 7) is 4.72. The number of carbonyl (C=O) groups is 1. The van der Waals surface area contributed by atoms with Crippen LogP contribution in [0.4, 0.5) is 0 Å². The third-order valence-electron chi connectivity index (χ3n) is 5.01. The lowest BCUT2D eigenvalue weighted by Crippen LogP contribution is -2.24. The predicted molar refractivity (Wildman–Crippen MR) is 67.3 cm³/mol. The normalized spacial score (nSPS) is 36.5. The molecule has 92 valence electrons. The molecule has 3 atom stereocenters. The van der Waals surface area contributed by atoms with Crippen molar-refractivity contribution in [1.29, 1.82) is 0 Å². The summed E-state index contributed by atoms with van der Waals surface area (Å²) in [6, 6.07) is 0. The highest BCUT2D eigenvalue weighted by atomic mass is 16.1. The minimum atomic E-state index is 0.439. The number of ketones is 1. The van der Waals surface area contributed by atoms with Gasteiger partial charge in [-0.15, -0.1) is 0 Å². The van der Waals surface area contributed by atoms with Crippen LogP contribution in [0.25, 0.3) is 0 Å². The van der Waals surface area contributed by atoms with E-state index >= 15 is 0 Å². The third-order valence-corrected chi connectivity index (χ3v) is 5.01. The molecule has 0 aromatic heterocycles. The molecule has 2 aliphatic rings. The molecule has 1 nitrogen and oxygen atoms in total. The Labute approximate surface area is 100.0 Å². The first-order chi connectivity index (χ1) is 7.66. The summed E-state index contributed by atoms with van der Waals surface area (Å²) in [5, 5.41) is 0. The van der Waals surface area contributed by atoms with Crippen molar-refractivity contribution >= 4 is 5.78 Å². The summed E-state index contributed by atoms with van der Waals surface area (Å²) in [4.78, 5) is 12.1. The molecule has 0 aromatic carbocycles. The second kappa shape index (κ2) is 5.33. The molecule has 0 spiro atoms. The lowest BCUT2D eigenvalue weighted by Gasteiger charge is -2.32. The monoisotopic (exact) mass is 222 g/mol. The van der Waals surface area contributed by atoms with Gasteiger partial charge in [-0.25, -0.2) is 0 Å². The Morgan fingerprint density at radius 3 is 2.31 bits per heavy atom. The molecule has 0 heterocycles. The zero-order chi connectivity index (χ0) is 11.5. The van der Waals surface area contributed by atoms with E-state index in [-0.39, 0.29) is 0 Å². The number of hydrogen-bond acceptors (Lipinski definition) is 1. The fourth-order valence-electron chi connectivity index (χ4n) is 3.54. The van der Waals surface area contributed by atoms with Gasteiger partial charge >= 0.3 is 0 Å². The third kappa shape index (κ3) is 2.87. The predicted octanol–water partition coefficient (Wildman–Crippen LogP) is 4.21. The van der Waals surface area contributed by atoms with Crippen molar-refractivity contribution < 1.29 is 4.79 Å². The van der Waals surface area contributed by atoms with Crippen LogP contribution < -0.4 is 0 Å². The molecular weight excluding hydrogens is 196 g/mol. The maximum Gasteiger partial charge on any atom is 0.136 e. The fraction of sp³-hybridized carbons (Fsp3) is 0.933. The summed E-state index contributed by atoms with van der Waals surface area (Å²) >= 11 is 0. The second-order valence-electron chi connectivity index (χ2n) is 6.29. The molecular formula is C15H26O. The molecule has 2 rings (SSSR count). The van der Waals surface area contributed by atoms with E-state index in [0.29, 0.717) is 17.6 Å². The van der Waals surface area contributed by atoms with Crippen LogP contribution in [0.3, 0.4) is 0 Å². The molecule has 2 aliphatic carbocycles. The van der Waals surface area contributed by atoms with E-state index in [4.69, 9.17) is 0 Å². The Bertz CT molecular complexity index is 240. The second-order valence-corrected chi connectivity index (χ2v) is 6.29. The van der Waals surface area contributed by atoms with Crippen LogP contribution in [0.5, 0.6) is 0 Å². The van der Waals surface area contributed by atoms with Crippen LogP contribution in [-0.4, -0.2) is 5.78 Å². The van der Waals surface area contributed by atoms with Gasteiger partial charge in [0, 0.05) is 12.3 Å². The quantitative estimate of drug-likeness (QED) is 0.699. The van der Waals surface area contributed by atoms with Crippen molar-refractivity contribution in [2.24, 2.45) is 23.7 Å². The number of hydrogen-bond donors (Lipinski definition) is 0. The minimum absolute atomic E-state index is 0.439. The van der Waals surface area contributed by atoms with Crippen LogP contribution in [-0.2, 0) is 4.79 Å². The maximum absolute atomic E-state index is 12.1. The van der Waals surface area contributed by atoms with Gasteiger partial charge < -0.3 is 0 Å². The van der Waals surface area contributed by atoms with E-state index < -0.39 is 0 Å². The molecule has 0 N–H and O–H groups in total. The van der Waals surface area contributed by atoms with Gasteiger partial charge in [-0.2, -0.15) is 0 Å². The van der Waals surface area contributed by atoms with Gasteiger partial charge in [0.15, 0.2) is 0 Å². The Kier molecular flexibility index (Phi) is 4.05. The number of rotatable bonds is 3. The van der Waals surface area contributed by atoms with Crippen molar-refractivity contribution in [1.82, 2.24) is 0 Å². The topological polar surface area (TPSA) is 17.1 Å². The molecule has 0 amide bonds. The maximum atomic E-state index is 12.1.